The Balaban J connectivity index is 2.00. The number of hydrogen-bond donors (Lipinski definition) is 1. The minimum absolute atomic E-state index is 0.0146. The summed E-state index contributed by atoms with van der Waals surface area (Å²) in [5.74, 6) is -0.0995. The summed E-state index contributed by atoms with van der Waals surface area (Å²) in [5, 5.41) is 2.80. The van der Waals surface area contributed by atoms with Crippen LogP contribution in [0, 0.1) is 6.92 Å². The molecule has 4 heteroatoms. The highest BCUT2D eigenvalue weighted by atomic mass is 32.1. The lowest BCUT2D eigenvalue weighted by Crippen LogP contribution is -2.32. The summed E-state index contributed by atoms with van der Waals surface area (Å²) < 4.78 is 0. The third kappa shape index (κ3) is 2.19. The van der Waals surface area contributed by atoms with E-state index in [1.165, 1.54) is 11.3 Å². The molecule has 19 heavy (non-hydrogen) atoms. The van der Waals surface area contributed by atoms with E-state index in [2.05, 4.69) is 5.32 Å². The first-order chi connectivity index (χ1) is 9.15. The molecule has 0 spiro atoms. The number of carbonyl (C=O) groups excluding carboxylic acids is 2. The average Bonchev–Trinajstić information content (AvgIpc) is 2.85. The molecule has 0 unspecified atom stereocenters. The molecule has 0 atom stereocenters. The summed E-state index contributed by atoms with van der Waals surface area (Å²) in [5.41, 5.74) is 2.23. The van der Waals surface area contributed by atoms with Crippen LogP contribution in [-0.4, -0.2) is 18.2 Å². The van der Waals surface area contributed by atoms with Crippen LogP contribution in [0.25, 0.3) is 0 Å². The fourth-order valence-corrected chi connectivity index (χ4v) is 3.08. The van der Waals surface area contributed by atoms with Gasteiger partial charge in [0.15, 0.2) is 0 Å². The highest BCUT2D eigenvalue weighted by Crippen LogP contribution is 2.22. The minimum atomic E-state index is -0.0849. The molecule has 1 N–H and O–H groups in total. The van der Waals surface area contributed by atoms with Crippen LogP contribution in [0.1, 0.15) is 36.0 Å². The molecule has 2 aromatic rings. The predicted molar refractivity (Wildman–Crippen MR) is 75.0 cm³/mol. The molecule has 0 saturated heterocycles. The quantitative estimate of drug-likeness (QED) is 0.853. The van der Waals surface area contributed by atoms with Crippen LogP contribution in [0.4, 0.5) is 0 Å². The number of nitrogens with one attached hydrogen (secondary N) is 1. The van der Waals surface area contributed by atoms with Gasteiger partial charge in [0.05, 0.1) is 4.88 Å². The Morgan fingerprint density at radius 2 is 2.11 bits per heavy atom. The molecule has 3 nitrogen and oxygen atoms in total. The zero-order valence-corrected chi connectivity index (χ0v) is 11.3. The maximum Gasteiger partial charge on any atom is 0.251 e. The Kier molecular flexibility index (Phi) is 2.95. The van der Waals surface area contributed by atoms with Gasteiger partial charge in [0.2, 0.25) is 5.78 Å². The molecule has 0 fully saturated rings. The van der Waals surface area contributed by atoms with Gasteiger partial charge < -0.3 is 5.32 Å². The Labute approximate surface area is 115 Å². The summed E-state index contributed by atoms with van der Waals surface area (Å²) >= 11 is 1.48. The number of ketones is 1. The number of benzene rings is 1. The lowest BCUT2D eigenvalue weighted by Gasteiger charge is -2.16. The molecule has 0 aliphatic carbocycles. The van der Waals surface area contributed by atoms with Crippen LogP contribution in [0.3, 0.4) is 0 Å². The summed E-state index contributed by atoms with van der Waals surface area (Å²) in [4.78, 5) is 25.9. The van der Waals surface area contributed by atoms with Crippen molar-refractivity contribution in [1.29, 1.82) is 0 Å². The van der Waals surface area contributed by atoms with E-state index in [1.807, 2.05) is 31.2 Å². The number of rotatable bonds is 2. The Morgan fingerprint density at radius 3 is 2.84 bits per heavy atom. The summed E-state index contributed by atoms with van der Waals surface area (Å²) in [6.45, 7) is 2.64. The highest BCUT2D eigenvalue weighted by Gasteiger charge is 2.19. The van der Waals surface area contributed by atoms with Crippen molar-refractivity contribution in [2.45, 2.75) is 13.3 Å². The lowest BCUT2D eigenvalue weighted by molar-refractivity contribution is 0.0946. The molecule has 1 aliphatic rings. The molecule has 96 valence electrons. The van der Waals surface area contributed by atoms with Crippen LogP contribution < -0.4 is 5.32 Å². The standard InChI is InChI=1S/C15H13NO2S/c1-9-2-5-13(19-9)14(17)11-4-3-10-6-7-16-15(18)12(10)8-11/h2-5,8H,6-7H2,1H3,(H,16,18). The Bertz CT molecular complexity index is 673. The van der Waals surface area contributed by atoms with Crippen LogP contribution >= 0.6 is 11.3 Å². The van der Waals surface area contributed by atoms with Crippen LogP contribution in [-0.2, 0) is 6.42 Å². The van der Waals surface area contributed by atoms with Crippen molar-refractivity contribution in [2.75, 3.05) is 6.54 Å². The van der Waals surface area contributed by atoms with Crippen molar-refractivity contribution in [3.8, 4) is 0 Å². The maximum absolute atomic E-state index is 12.3. The lowest BCUT2D eigenvalue weighted by atomic mass is 9.96. The van der Waals surface area contributed by atoms with E-state index >= 15 is 0 Å². The van der Waals surface area contributed by atoms with Gasteiger partial charge in [-0.3, -0.25) is 9.59 Å². The molecule has 1 aromatic heterocycles. The molecule has 1 amide bonds. The van der Waals surface area contributed by atoms with Crippen molar-refractivity contribution in [2.24, 2.45) is 0 Å². The molecular formula is C15H13NO2S. The minimum Gasteiger partial charge on any atom is -0.352 e. The first-order valence-corrected chi connectivity index (χ1v) is 6.99. The van der Waals surface area contributed by atoms with Gasteiger partial charge in [-0.25, -0.2) is 0 Å². The van der Waals surface area contributed by atoms with Gasteiger partial charge in [-0.15, -0.1) is 11.3 Å². The van der Waals surface area contributed by atoms with E-state index in [0.717, 1.165) is 16.9 Å². The number of carbonyl (C=O) groups is 2. The molecule has 0 bridgehead atoms. The second kappa shape index (κ2) is 4.63. The Hall–Kier alpha value is -1.94. The van der Waals surface area contributed by atoms with Crippen molar-refractivity contribution < 1.29 is 9.59 Å². The van der Waals surface area contributed by atoms with E-state index in [1.54, 1.807) is 6.07 Å². The van der Waals surface area contributed by atoms with Crippen molar-refractivity contribution in [3.05, 3.63) is 56.8 Å². The first kappa shape index (κ1) is 12.1. The first-order valence-electron chi connectivity index (χ1n) is 6.17. The predicted octanol–water partition coefficient (Wildman–Crippen LogP) is 2.57. The summed E-state index contributed by atoms with van der Waals surface area (Å²) in [7, 11) is 0. The van der Waals surface area contributed by atoms with Crippen molar-refractivity contribution in [3.63, 3.8) is 0 Å². The Morgan fingerprint density at radius 1 is 1.26 bits per heavy atom. The molecule has 3 rings (SSSR count). The molecule has 1 aliphatic heterocycles. The molecular weight excluding hydrogens is 258 g/mol. The van der Waals surface area contributed by atoms with Gasteiger partial charge in [-0.2, -0.15) is 0 Å². The van der Waals surface area contributed by atoms with Gasteiger partial charge in [-0.1, -0.05) is 12.1 Å². The van der Waals surface area contributed by atoms with Crippen molar-refractivity contribution >= 4 is 23.0 Å². The molecule has 0 radical (unpaired) electrons. The number of amides is 1. The van der Waals surface area contributed by atoms with Gasteiger partial charge in [0, 0.05) is 22.5 Å². The molecule has 2 heterocycles. The summed E-state index contributed by atoms with van der Waals surface area (Å²) in [6.07, 6.45) is 0.827. The van der Waals surface area contributed by atoms with E-state index in [0.29, 0.717) is 22.5 Å². The zero-order valence-electron chi connectivity index (χ0n) is 10.5. The van der Waals surface area contributed by atoms with Crippen LogP contribution in [0.15, 0.2) is 30.3 Å². The van der Waals surface area contributed by atoms with Crippen LogP contribution in [0.5, 0.6) is 0 Å². The van der Waals surface area contributed by atoms with E-state index in [-0.39, 0.29) is 11.7 Å². The largest absolute Gasteiger partial charge is 0.352 e. The number of thiophene rings is 1. The second-order valence-electron chi connectivity index (χ2n) is 4.62. The van der Waals surface area contributed by atoms with E-state index in [4.69, 9.17) is 0 Å². The highest BCUT2D eigenvalue weighted by molar-refractivity contribution is 7.14. The van der Waals surface area contributed by atoms with Gasteiger partial charge in [-0.05, 0) is 37.1 Å². The van der Waals surface area contributed by atoms with Gasteiger partial charge in [0.25, 0.3) is 5.91 Å². The van der Waals surface area contributed by atoms with E-state index in [9.17, 15) is 9.59 Å². The topological polar surface area (TPSA) is 46.2 Å². The SMILES string of the molecule is Cc1ccc(C(=O)c2ccc3c(c2)C(=O)NCC3)s1. The number of fused-ring (bicyclic) bond motifs is 1. The molecule has 0 saturated carbocycles. The average molecular weight is 271 g/mol. The number of aryl methyl sites for hydroxylation is 1. The monoisotopic (exact) mass is 271 g/mol. The third-order valence-corrected chi connectivity index (χ3v) is 4.26. The summed E-state index contributed by atoms with van der Waals surface area (Å²) in [6, 6.07) is 9.18. The van der Waals surface area contributed by atoms with Crippen molar-refractivity contribution in [1.82, 2.24) is 5.32 Å². The fraction of sp³-hybridized carbons (Fsp3) is 0.200. The van der Waals surface area contributed by atoms with Crippen LogP contribution in [0.2, 0.25) is 0 Å². The maximum atomic E-state index is 12.3. The second-order valence-corrected chi connectivity index (χ2v) is 5.91. The van der Waals surface area contributed by atoms with Gasteiger partial charge >= 0.3 is 0 Å². The third-order valence-electron chi connectivity index (χ3n) is 3.26. The van der Waals surface area contributed by atoms with E-state index < -0.39 is 0 Å². The smallest absolute Gasteiger partial charge is 0.251 e. The zero-order chi connectivity index (χ0) is 13.4. The molecule has 1 aromatic carbocycles. The number of hydrogen-bond acceptors (Lipinski definition) is 3. The normalized spacial score (nSPS) is 13.8. The fourth-order valence-electron chi connectivity index (χ4n) is 2.25. The van der Waals surface area contributed by atoms with Gasteiger partial charge in [0.1, 0.15) is 0 Å².